The molecule has 2 saturated heterocycles. The van der Waals surface area contributed by atoms with Gasteiger partial charge in [0.2, 0.25) is 0 Å². The van der Waals surface area contributed by atoms with E-state index in [-0.39, 0.29) is 24.3 Å². The van der Waals surface area contributed by atoms with Crippen LogP contribution in [0.5, 0.6) is 0 Å². The normalized spacial score (nSPS) is 24.3. The van der Waals surface area contributed by atoms with Crippen molar-refractivity contribution in [3.8, 4) is 0 Å². The molecule has 3 aromatic rings. The van der Waals surface area contributed by atoms with Gasteiger partial charge in [0.1, 0.15) is 17.4 Å². The van der Waals surface area contributed by atoms with Crippen molar-refractivity contribution in [2.24, 2.45) is 5.41 Å². The van der Waals surface area contributed by atoms with E-state index in [1.165, 1.54) is 5.56 Å². The lowest BCUT2D eigenvalue weighted by Gasteiger charge is -2.58. The molecule has 1 saturated carbocycles. The van der Waals surface area contributed by atoms with E-state index in [1.54, 1.807) is 12.4 Å². The van der Waals surface area contributed by atoms with Crippen LogP contribution in [0.25, 0.3) is 11.2 Å². The van der Waals surface area contributed by atoms with Crippen LogP contribution < -0.4 is 4.90 Å². The molecule has 182 valence electrons. The Kier molecular flexibility index (Phi) is 5.56. The zero-order valence-electron chi connectivity index (χ0n) is 20.4. The number of likely N-dealkylation sites (tertiary alicyclic amines) is 1. The van der Waals surface area contributed by atoms with Crippen molar-refractivity contribution < 1.29 is 9.53 Å². The molecule has 0 bridgehead atoms. The molecule has 0 radical (unpaired) electrons. The van der Waals surface area contributed by atoms with Gasteiger partial charge in [0.15, 0.2) is 5.65 Å². The minimum atomic E-state index is -0.178. The first-order valence-electron chi connectivity index (χ1n) is 12.6. The minimum absolute atomic E-state index is 0.0321. The third-order valence-corrected chi connectivity index (χ3v) is 7.73. The maximum absolute atomic E-state index is 13.1. The second-order valence-corrected chi connectivity index (χ2v) is 10.6. The molecule has 2 aliphatic heterocycles. The molecule has 1 aliphatic carbocycles. The summed E-state index contributed by atoms with van der Waals surface area (Å²) >= 11 is 0. The third-order valence-electron chi connectivity index (χ3n) is 7.73. The first kappa shape index (κ1) is 22.2. The molecule has 4 heterocycles. The lowest BCUT2D eigenvalue weighted by Crippen LogP contribution is -2.65. The van der Waals surface area contributed by atoms with Gasteiger partial charge in [0.25, 0.3) is 0 Å². The highest BCUT2D eigenvalue weighted by atomic mass is 16.6. The SMILES string of the molecule is C[C@@H]1CN(c2ccc3nccnc3n2)C[C@H](C)N1C(=O)OC1CC2(C1)CN(Cc1ccccc1)C2. The fourth-order valence-corrected chi connectivity index (χ4v) is 6.20. The fraction of sp³-hybridized carbons (Fsp3) is 0.481. The largest absolute Gasteiger partial charge is 0.446 e. The number of ether oxygens (including phenoxy) is 1. The summed E-state index contributed by atoms with van der Waals surface area (Å²) in [4.78, 5) is 33.0. The molecule has 2 aromatic heterocycles. The van der Waals surface area contributed by atoms with E-state index < -0.39 is 0 Å². The van der Waals surface area contributed by atoms with Crippen LogP contribution in [0.3, 0.4) is 0 Å². The third kappa shape index (κ3) is 4.31. The molecule has 6 rings (SSSR count). The average Bonchev–Trinajstić information content (AvgIpc) is 2.81. The standard InChI is InChI=1S/C27H32N6O2/c1-19-14-32(24-9-8-23-25(30-24)29-11-10-28-23)15-20(2)33(19)26(34)35-22-12-27(13-22)17-31(18-27)16-21-6-4-3-5-7-21/h3-11,19-20,22H,12-18H2,1-2H3/t19-,20+. The number of pyridine rings is 1. The van der Waals surface area contributed by atoms with Gasteiger partial charge in [0, 0.05) is 50.5 Å². The number of nitrogens with zero attached hydrogens (tertiary/aromatic N) is 6. The lowest BCUT2D eigenvalue weighted by molar-refractivity contribution is -0.137. The Bertz CT molecular complexity index is 1190. The van der Waals surface area contributed by atoms with Gasteiger partial charge in [-0.25, -0.2) is 14.8 Å². The highest BCUT2D eigenvalue weighted by Gasteiger charge is 2.54. The molecular weight excluding hydrogens is 440 g/mol. The molecular formula is C27H32N6O2. The Morgan fingerprint density at radius 3 is 2.46 bits per heavy atom. The summed E-state index contributed by atoms with van der Waals surface area (Å²) in [7, 11) is 0. The lowest BCUT2D eigenvalue weighted by atomic mass is 9.61. The maximum atomic E-state index is 13.1. The number of aromatic nitrogens is 3. The van der Waals surface area contributed by atoms with Crippen LogP contribution in [-0.4, -0.2) is 75.2 Å². The highest BCUT2D eigenvalue weighted by Crippen LogP contribution is 2.50. The van der Waals surface area contributed by atoms with Crippen LogP contribution in [0.4, 0.5) is 10.6 Å². The number of benzene rings is 1. The summed E-state index contributed by atoms with van der Waals surface area (Å²) in [5.74, 6) is 0.871. The Labute approximate surface area is 205 Å². The first-order chi connectivity index (χ1) is 17.0. The number of piperazine rings is 1. The summed E-state index contributed by atoms with van der Waals surface area (Å²) in [6.07, 6.45) is 5.16. The summed E-state index contributed by atoms with van der Waals surface area (Å²) in [6.45, 7) is 8.80. The van der Waals surface area contributed by atoms with Crippen LogP contribution in [0.2, 0.25) is 0 Å². The zero-order chi connectivity index (χ0) is 24.0. The predicted molar refractivity (Wildman–Crippen MR) is 134 cm³/mol. The van der Waals surface area contributed by atoms with E-state index in [1.807, 2.05) is 17.0 Å². The monoisotopic (exact) mass is 472 g/mol. The van der Waals surface area contributed by atoms with E-state index in [2.05, 4.69) is 68.9 Å². The fourth-order valence-electron chi connectivity index (χ4n) is 6.20. The number of carbonyl (C=O) groups excluding carboxylic acids is 1. The second kappa shape index (κ2) is 8.75. The quantitative estimate of drug-likeness (QED) is 0.573. The number of hydrogen-bond acceptors (Lipinski definition) is 7. The van der Waals surface area contributed by atoms with Gasteiger partial charge in [-0.3, -0.25) is 14.8 Å². The summed E-state index contributed by atoms with van der Waals surface area (Å²) in [5, 5.41) is 0. The van der Waals surface area contributed by atoms with E-state index >= 15 is 0 Å². The van der Waals surface area contributed by atoms with Crippen molar-refractivity contribution in [2.75, 3.05) is 31.1 Å². The van der Waals surface area contributed by atoms with Crippen LogP contribution in [0.1, 0.15) is 32.3 Å². The zero-order valence-corrected chi connectivity index (χ0v) is 20.4. The molecule has 3 aliphatic rings. The van der Waals surface area contributed by atoms with E-state index in [0.29, 0.717) is 24.2 Å². The number of amides is 1. The van der Waals surface area contributed by atoms with Gasteiger partial charge in [0.05, 0.1) is 12.1 Å². The number of carbonyl (C=O) groups is 1. The summed E-state index contributed by atoms with van der Waals surface area (Å²) in [5.41, 5.74) is 3.13. The molecule has 1 amide bonds. The Balaban J connectivity index is 1.01. The van der Waals surface area contributed by atoms with Crippen molar-refractivity contribution in [1.29, 1.82) is 0 Å². The van der Waals surface area contributed by atoms with Gasteiger partial charge in [-0.05, 0) is 44.4 Å². The molecule has 1 spiro atoms. The van der Waals surface area contributed by atoms with E-state index in [4.69, 9.17) is 4.74 Å². The number of fused-ring (bicyclic) bond motifs is 1. The summed E-state index contributed by atoms with van der Waals surface area (Å²) < 4.78 is 5.97. The summed E-state index contributed by atoms with van der Waals surface area (Å²) in [6, 6.07) is 14.6. The van der Waals surface area contributed by atoms with Crippen LogP contribution >= 0.6 is 0 Å². The second-order valence-electron chi connectivity index (χ2n) is 10.6. The van der Waals surface area contributed by atoms with E-state index in [9.17, 15) is 4.79 Å². The van der Waals surface area contributed by atoms with Gasteiger partial charge in [-0.15, -0.1) is 0 Å². The smallest absolute Gasteiger partial charge is 0.410 e. The number of rotatable bonds is 4. The van der Waals surface area contributed by atoms with Gasteiger partial charge in [-0.2, -0.15) is 0 Å². The Hall–Kier alpha value is -3.26. The molecule has 1 aromatic carbocycles. The molecule has 8 heteroatoms. The topological polar surface area (TPSA) is 74.7 Å². The van der Waals surface area contributed by atoms with Crippen molar-refractivity contribution in [3.63, 3.8) is 0 Å². The van der Waals surface area contributed by atoms with Crippen molar-refractivity contribution in [2.45, 2.75) is 51.4 Å². The maximum Gasteiger partial charge on any atom is 0.410 e. The van der Waals surface area contributed by atoms with Gasteiger partial charge in [-0.1, -0.05) is 30.3 Å². The molecule has 35 heavy (non-hydrogen) atoms. The highest BCUT2D eigenvalue weighted by molar-refractivity contribution is 5.72. The van der Waals surface area contributed by atoms with Crippen molar-refractivity contribution >= 4 is 23.1 Å². The molecule has 0 N–H and O–H groups in total. The van der Waals surface area contributed by atoms with Crippen LogP contribution in [0, 0.1) is 5.41 Å². The molecule has 8 nitrogen and oxygen atoms in total. The first-order valence-corrected chi connectivity index (χ1v) is 12.6. The van der Waals surface area contributed by atoms with E-state index in [0.717, 1.165) is 43.8 Å². The Morgan fingerprint density at radius 2 is 1.71 bits per heavy atom. The number of anilines is 1. The average molecular weight is 473 g/mol. The van der Waals surface area contributed by atoms with Crippen molar-refractivity contribution in [1.82, 2.24) is 24.8 Å². The predicted octanol–water partition coefficient (Wildman–Crippen LogP) is 3.73. The van der Waals surface area contributed by atoms with Gasteiger partial charge >= 0.3 is 6.09 Å². The molecule has 0 unspecified atom stereocenters. The van der Waals surface area contributed by atoms with Crippen LogP contribution in [-0.2, 0) is 11.3 Å². The van der Waals surface area contributed by atoms with Crippen molar-refractivity contribution in [3.05, 3.63) is 60.4 Å². The molecule has 2 atom stereocenters. The molecule has 3 fully saturated rings. The Morgan fingerprint density at radius 1 is 1.00 bits per heavy atom. The van der Waals surface area contributed by atoms with Gasteiger partial charge < -0.3 is 9.64 Å². The van der Waals surface area contributed by atoms with Crippen LogP contribution in [0.15, 0.2) is 54.9 Å². The number of hydrogen-bond donors (Lipinski definition) is 0. The minimum Gasteiger partial charge on any atom is -0.446 e.